The third-order valence-corrected chi connectivity index (χ3v) is 3.58. The molecule has 2 aliphatic carbocycles. The van der Waals surface area contributed by atoms with E-state index in [-0.39, 0.29) is 0 Å². The molecule has 1 saturated carbocycles. The van der Waals surface area contributed by atoms with Gasteiger partial charge in [-0.15, -0.1) is 0 Å². The van der Waals surface area contributed by atoms with Crippen LogP contribution in [-0.4, -0.2) is 38.6 Å². The molecule has 90 valence electrons. The molecule has 3 atom stereocenters. The Labute approximate surface area is 96.8 Å². The summed E-state index contributed by atoms with van der Waals surface area (Å²) in [5, 5.41) is 0. The predicted molar refractivity (Wildman–Crippen MR) is 60.3 cm³/mol. The van der Waals surface area contributed by atoms with Crippen molar-refractivity contribution in [2.45, 2.75) is 37.9 Å². The third-order valence-electron chi connectivity index (χ3n) is 3.58. The number of hydrogen-bond donors (Lipinski definition) is 0. The highest BCUT2D eigenvalue weighted by Gasteiger charge is 2.26. The Morgan fingerprint density at radius 3 is 2.12 bits per heavy atom. The maximum absolute atomic E-state index is 5.23. The van der Waals surface area contributed by atoms with Crippen LogP contribution in [0.25, 0.3) is 0 Å². The molecule has 0 aromatic heterocycles. The van der Waals surface area contributed by atoms with Crippen LogP contribution < -0.4 is 0 Å². The van der Waals surface area contributed by atoms with E-state index in [1.807, 2.05) is 0 Å². The van der Waals surface area contributed by atoms with Gasteiger partial charge in [-0.2, -0.15) is 0 Å². The molecule has 2 saturated heterocycles. The fraction of sp³-hybridized carbons (Fsp3) is 0.846. The molecule has 3 heteroatoms. The molecule has 4 aliphatic rings. The van der Waals surface area contributed by atoms with Crippen molar-refractivity contribution in [3.8, 4) is 0 Å². The molecule has 0 radical (unpaired) electrons. The van der Waals surface area contributed by atoms with Crippen LogP contribution in [0.15, 0.2) is 11.6 Å². The summed E-state index contributed by atoms with van der Waals surface area (Å²) >= 11 is 0. The van der Waals surface area contributed by atoms with Crippen molar-refractivity contribution in [1.29, 1.82) is 0 Å². The van der Waals surface area contributed by atoms with E-state index in [4.69, 9.17) is 14.2 Å². The molecule has 2 heterocycles. The summed E-state index contributed by atoms with van der Waals surface area (Å²) in [6, 6.07) is 0. The number of ether oxygens (including phenoxy) is 3. The topological polar surface area (TPSA) is 34.3 Å². The van der Waals surface area contributed by atoms with Crippen molar-refractivity contribution < 1.29 is 14.2 Å². The lowest BCUT2D eigenvalue weighted by atomic mass is 10.1. The molecule has 3 fully saturated rings. The van der Waals surface area contributed by atoms with Gasteiger partial charge in [-0.25, -0.2) is 0 Å². The van der Waals surface area contributed by atoms with E-state index < -0.39 is 0 Å². The quantitative estimate of drug-likeness (QED) is 0.540. The largest absolute Gasteiger partial charge is 0.376 e. The first kappa shape index (κ1) is 10.8. The van der Waals surface area contributed by atoms with Gasteiger partial charge in [0.05, 0.1) is 26.4 Å². The summed E-state index contributed by atoms with van der Waals surface area (Å²) in [6.07, 6.45) is 8.97. The van der Waals surface area contributed by atoms with Crippen LogP contribution in [0.3, 0.4) is 0 Å². The number of rotatable bonds is 4. The number of epoxide rings is 2. The monoisotopic (exact) mass is 224 g/mol. The molecule has 0 spiro atoms. The molecule has 16 heavy (non-hydrogen) atoms. The second-order valence-corrected chi connectivity index (χ2v) is 5.16. The Bertz CT molecular complexity index is 254. The van der Waals surface area contributed by atoms with E-state index in [1.54, 1.807) is 5.57 Å². The van der Waals surface area contributed by atoms with Crippen molar-refractivity contribution in [2.24, 2.45) is 5.92 Å². The Kier molecular flexibility index (Phi) is 3.27. The SMILES string of the molecule is C(OCC1CO1)C1CO1.C1=C2CCC(C1)C2. The maximum atomic E-state index is 5.23. The lowest BCUT2D eigenvalue weighted by Crippen LogP contribution is -2.06. The van der Waals surface area contributed by atoms with Crippen LogP contribution in [0.2, 0.25) is 0 Å². The minimum absolute atomic E-state index is 0.392. The van der Waals surface area contributed by atoms with Crippen molar-refractivity contribution in [3.63, 3.8) is 0 Å². The van der Waals surface area contributed by atoms with E-state index >= 15 is 0 Å². The summed E-state index contributed by atoms with van der Waals surface area (Å²) < 4.78 is 15.1. The molecule has 3 unspecified atom stereocenters. The van der Waals surface area contributed by atoms with Crippen LogP contribution in [0, 0.1) is 5.92 Å². The zero-order chi connectivity index (χ0) is 10.8. The van der Waals surface area contributed by atoms with Crippen LogP contribution in [0.4, 0.5) is 0 Å². The van der Waals surface area contributed by atoms with Gasteiger partial charge < -0.3 is 14.2 Å². The molecule has 2 bridgehead atoms. The first-order valence-electron chi connectivity index (χ1n) is 6.39. The zero-order valence-corrected chi connectivity index (χ0v) is 9.69. The fourth-order valence-electron chi connectivity index (χ4n) is 2.34. The van der Waals surface area contributed by atoms with Gasteiger partial charge in [0.2, 0.25) is 0 Å². The molecule has 0 aromatic carbocycles. The summed E-state index contributed by atoms with van der Waals surface area (Å²) in [7, 11) is 0. The summed E-state index contributed by atoms with van der Waals surface area (Å²) in [4.78, 5) is 0. The average molecular weight is 224 g/mol. The predicted octanol–water partition coefficient (Wildman–Crippen LogP) is 1.92. The highest BCUT2D eigenvalue weighted by molar-refractivity contribution is 5.15. The van der Waals surface area contributed by atoms with E-state index in [2.05, 4.69) is 6.08 Å². The Balaban J connectivity index is 0.000000104. The highest BCUT2D eigenvalue weighted by Crippen LogP contribution is 2.38. The number of allylic oxidation sites excluding steroid dienone is 2. The van der Waals surface area contributed by atoms with Gasteiger partial charge in [0.1, 0.15) is 12.2 Å². The molecular weight excluding hydrogens is 204 g/mol. The number of hydrogen-bond acceptors (Lipinski definition) is 3. The molecule has 0 amide bonds. The first-order valence-corrected chi connectivity index (χ1v) is 6.39. The molecule has 4 rings (SSSR count). The zero-order valence-electron chi connectivity index (χ0n) is 9.69. The smallest absolute Gasteiger partial charge is 0.104 e. The second-order valence-electron chi connectivity index (χ2n) is 5.16. The molecule has 2 aliphatic heterocycles. The van der Waals surface area contributed by atoms with Gasteiger partial charge in [-0.1, -0.05) is 11.6 Å². The summed E-state index contributed by atoms with van der Waals surface area (Å²) in [6.45, 7) is 3.26. The fourth-order valence-corrected chi connectivity index (χ4v) is 2.34. The molecule has 3 nitrogen and oxygen atoms in total. The molecule has 0 aromatic rings. The van der Waals surface area contributed by atoms with Gasteiger partial charge in [-0.05, 0) is 31.6 Å². The third kappa shape index (κ3) is 3.30. The van der Waals surface area contributed by atoms with E-state index in [1.165, 1.54) is 25.7 Å². The van der Waals surface area contributed by atoms with Crippen LogP contribution in [0.1, 0.15) is 25.7 Å². The minimum Gasteiger partial charge on any atom is -0.376 e. The van der Waals surface area contributed by atoms with Crippen molar-refractivity contribution in [3.05, 3.63) is 11.6 Å². The minimum atomic E-state index is 0.392. The summed E-state index contributed by atoms with van der Waals surface area (Å²) in [5.74, 6) is 1.08. The normalized spacial score (nSPS) is 37.8. The van der Waals surface area contributed by atoms with E-state index in [9.17, 15) is 0 Å². The van der Waals surface area contributed by atoms with Crippen molar-refractivity contribution >= 4 is 0 Å². The van der Waals surface area contributed by atoms with Gasteiger partial charge in [-0.3, -0.25) is 0 Å². The van der Waals surface area contributed by atoms with Gasteiger partial charge in [0.25, 0.3) is 0 Å². The van der Waals surface area contributed by atoms with Crippen LogP contribution in [-0.2, 0) is 14.2 Å². The van der Waals surface area contributed by atoms with Crippen molar-refractivity contribution in [1.82, 2.24) is 0 Å². The van der Waals surface area contributed by atoms with Gasteiger partial charge in [0, 0.05) is 0 Å². The number of fused-ring (bicyclic) bond motifs is 2. The first-order chi connectivity index (χ1) is 7.90. The van der Waals surface area contributed by atoms with Crippen LogP contribution in [0.5, 0.6) is 0 Å². The van der Waals surface area contributed by atoms with E-state index in [0.29, 0.717) is 12.2 Å². The molecule has 0 N–H and O–H groups in total. The van der Waals surface area contributed by atoms with Gasteiger partial charge >= 0.3 is 0 Å². The lowest BCUT2D eigenvalue weighted by Gasteiger charge is -1.98. The molecular formula is C13H20O3. The van der Waals surface area contributed by atoms with E-state index in [0.717, 1.165) is 32.3 Å². The average Bonchev–Trinajstić information content (AvgIpc) is 3.23. The Hall–Kier alpha value is -0.380. The van der Waals surface area contributed by atoms with Crippen molar-refractivity contribution in [2.75, 3.05) is 26.4 Å². The Morgan fingerprint density at radius 2 is 1.88 bits per heavy atom. The highest BCUT2D eigenvalue weighted by atomic mass is 16.6. The Morgan fingerprint density at radius 1 is 1.19 bits per heavy atom. The lowest BCUT2D eigenvalue weighted by molar-refractivity contribution is 0.102. The van der Waals surface area contributed by atoms with Gasteiger partial charge in [0.15, 0.2) is 0 Å². The standard InChI is InChI=1S/C7H10.C6H10O3/c1-2-7-4-3-6(1)5-7;1(5-3-8-5)7-2-6-4-9-6/h1,7H,2-5H2;5-6H,1-4H2. The maximum Gasteiger partial charge on any atom is 0.104 e. The second kappa shape index (κ2) is 4.86. The summed E-state index contributed by atoms with van der Waals surface area (Å²) in [5.41, 5.74) is 1.74. The van der Waals surface area contributed by atoms with Crippen LogP contribution >= 0.6 is 0 Å².